The summed E-state index contributed by atoms with van der Waals surface area (Å²) in [6, 6.07) is -3.07. The Kier molecular flexibility index (Phi) is 9.89. The summed E-state index contributed by atoms with van der Waals surface area (Å²) in [6.07, 6.45) is -0.00890. The normalized spacial score (nSPS) is 14.0. The molecule has 0 saturated carbocycles. The van der Waals surface area contributed by atoms with Crippen molar-refractivity contribution < 1.29 is 29.1 Å². The highest BCUT2D eigenvalue weighted by Crippen LogP contribution is 2.02. The topological polar surface area (TPSA) is 194 Å². The third-order valence-corrected chi connectivity index (χ3v) is 3.46. The van der Waals surface area contributed by atoms with Crippen LogP contribution in [-0.4, -0.2) is 59.4 Å². The minimum absolute atomic E-state index is 0.0485. The molecule has 11 heteroatoms. The molecule has 4 amide bonds. The van der Waals surface area contributed by atoms with Gasteiger partial charge in [-0.2, -0.15) is 0 Å². The maximum atomic E-state index is 12.1. The lowest BCUT2D eigenvalue weighted by atomic mass is 10.0. The van der Waals surface area contributed by atoms with E-state index in [1.165, 1.54) is 6.92 Å². The van der Waals surface area contributed by atoms with Gasteiger partial charge in [-0.3, -0.25) is 24.0 Å². The van der Waals surface area contributed by atoms with E-state index in [1.807, 2.05) is 0 Å². The van der Waals surface area contributed by atoms with Crippen LogP contribution >= 0.6 is 0 Å². The number of nitrogens with two attached hydrogens (primary N) is 2. The molecule has 0 aromatic carbocycles. The molecule has 0 aliphatic carbocycles. The number of carboxylic acid groups (broad SMARTS) is 1. The van der Waals surface area contributed by atoms with Gasteiger partial charge in [0.1, 0.15) is 12.1 Å². The van der Waals surface area contributed by atoms with Crippen molar-refractivity contribution in [1.29, 1.82) is 0 Å². The van der Waals surface area contributed by atoms with Gasteiger partial charge in [-0.1, -0.05) is 13.8 Å². The summed E-state index contributed by atoms with van der Waals surface area (Å²) in [6.45, 7) is 4.23. The molecule has 3 unspecified atom stereocenters. The molecular formula is C15H27N5O6. The molecule has 148 valence electrons. The second-order valence-electron chi connectivity index (χ2n) is 6.19. The number of carbonyl (C=O) groups excluding carboxylic acids is 4. The van der Waals surface area contributed by atoms with E-state index in [1.54, 1.807) is 13.8 Å². The van der Waals surface area contributed by atoms with Gasteiger partial charge in [0, 0.05) is 6.42 Å². The Morgan fingerprint density at radius 2 is 1.58 bits per heavy atom. The van der Waals surface area contributed by atoms with Gasteiger partial charge in [-0.25, -0.2) is 0 Å². The fourth-order valence-corrected chi connectivity index (χ4v) is 1.85. The van der Waals surface area contributed by atoms with Gasteiger partial charge in [-0.05, 0) is 19.3 Å². The molecule has 0 rings (SSSR count). The Morgan fingerprint density at radius 3 is 2.04 bits per heavy atom. The number of hydrogen-bond acceptors (Lipinski definition) is 6. The summed E-state index contributed by atoms with van der Waals surface area (Å²) < 4.78 is 0. The average molecular weight is 373 g/mol. The van der Waals surface area contributed by atoms with Crippen molar-refractivity contribution in [3.05, 3.63) is 0 Å². The minimum Gasteiger partial charge on any atom is -0.480 e. The van der Waals surface area contributed by atoms with Crippen molar-refractivity contribution in [3.8, 4) is 0 Å². The highest BCUT2D eigenvalue weighted by Gasteiger charge is 2.27. The molecule has 0 saturated heterocycles. The SMILES string of the molecule is CC(NC(=O)C(NC(=O)CNC(=O)C(N)CCC(N)=O)C(C)C)C(=O)O. The Morgan fingerprint density at radius 1 is 1.00 bits per heavy atom. The van der Waals surface area contributed by atoms with Gasteiger partial charge in [-0.15, -0.1) is 0 Å². The van der Waals surface area contributed by atoms with E-state index in [4.69, 9.17) is 16.6 Å². The van der Waals surface area contributed by atoms with Gasteiger partial charge in [0.25, 0.3) is 0 Å². The molecule has 3 atom stereocenters. The molecule has 0 heterocycles. The zero-order chi connectivity index (χ0) is 20.4. The van der Waals surface area contributed by atoms with Crippen LogP contribution in [0.15, 0.2) is 0 Å². The number of carboxylic acids is 1. The standard InChI is InChI=1S/C15H27N5O6/c1-7(2)12(14(24)19-8(3)15(25)26)20-11(22)6-18-13(23)9(16)4-5-10(17)21/h7-9,12H,4-6,16H2,1-3H3,(H2,17,21)(H,18,23)(H,19,24)(H,20,22)(H,25,26). The predicted octanol–water partition coefficient (Wildman–Crippen LogP) is -2.57. The first-order chi connectivity index (χ1) is 12.0. The van der Waals surface area contributed by atoms with Crippen LogP contribution in [0.4, 0.5) is 0 Å². The minimum atomic E-state index is -1.20. The number of primary amides is 1. The van der Waals surface area contributed by atoms with E-state index in [0.29, 0.717) is 0 Å². The molecule has 8 N–H and O–H groups in total. The highest BCUT2D eigenvalue weighted by atomic mass is 16.4. The molecule has 11 nitrogen and oxygen atoms in total. The zero-order valence-electron chi connectivity index (χ0n) is 15.1. The molecule has 26 heavy (non-hydrogen) atoms. The Hall–Kier alpha value is -2.69. The van der Waals surface area contributed by atoms with Crippen molar-refractivity contribution >= 4 is 29.6 Å². The van der Waals surface area contributed by atoms with E-state index < -0.39 is 54.3 Å². The Bertz CT molecular complexity index is 551. The van der Waals surface area contributed by atoms with Crippen LogP contribution in [0.25, 0.3) is 0 Å². The second kappa shape index (κ2) is 11.0. The lowest BCUT2D eigenvalue weighted by molar-refractivity contribution is -0.142. The van der Waals surface area contributed by atoms with Crippen LogP contribution in [0, 0.1) is 5.92 Å². The van der Waals surface area contributed by atoms with E-state index in [-0.39, 0.29) is 18.8 Å². The maximum Gasteiger partial charge on any atom is 0.325 e. The highest BCUT2D eigenvalue weighted by molar-refractivity contribution is 5.92. The van der Waals surface area contributed by atoms with Crippen LogP contribution in [0.5, 0.6) is 0 Å². The third-order valence-electron chi connectivity index (χ3n) is 3.46. The molecule has 0 bridgehead atoms. The number of amides is 4. The molecule has 0 aromatic rings. The average Bonchev–Trinajstić information content (AvgIpc) is 2.54. The first-order valence-electron chi connectivity index (χ1n) is 8.09. The summed E-state index contributed by atoms with van der Waals surface area (Å²) >= 11 is 0. The van der Waals surface area contributed by atoms with Gasteiger partial charge < -0.3 is 32.5 Å². The van der Waals surface area contributed by atoms with Crippen LogP contribution in [0.1, 0.15) is 33.6 Å². The van der Waals surface area contributed by atoms with Crippen LogP contribution in [0.2, 0.25) is 0 Å². The van der Waals surface area contributed by atoms with Gasteiger partial charge in [0.15, 0.2) is 0 Å². The lowest BCUT2D eigenvalue weighted by Gasteiger charge is -2.23. The predicted molar refractivity (Wildman–Crippen MR) is 91.4 cm³/mol. The van der Waals surface area contributed by atoms with Crippen LogP contribution < -0.4 is 27.4 Å². The van der Waals surface area contributed by atoms with Crippen molar-refractivity contribution in [2.45, 2.75) is 51.7 Å². The zero-order valence-corrected chi connectivity index (χ0v) is 15.1. The summed E-state index contributed by atoms with van der Waals surface area (Å²) in [5, 5.41) is 15.8. The number of nitrogens with one attached hydrogen (secondary N) is 3. The molecule has 0 spiro atoms. The van der Waals surface area contributed by atoms with Gasteiger partial charge in [0.05, 0.1) is 12.6 Å². The fraction of sp³-hybridized carbons (Fsp3) is 0.667. The Labute approximate surface area is 151 Å². The number of aliphatic carboxylic acids is 1. The molecule has 0 aliphatic heterocycles. The quantitative estimate of drug-likeness (QED) is 0.229. The van der Waals surface area contributed by atoms with Crippen molar-refractivity contribution in [1.82, 2.24) is 16.0 Å². The number of hydrogen-bond donors (Lipinski definition) is 6. The lowest BCUT2D eigenvalue weighted by Crippen LogP contribution is -2.55. The molecule has 0 radical (unpaired) electrons. The van der Waals surface area contributed by atoms with Crippen LogP contribution in [0.3, 0.4) is 0 Å². The monoisotopic (exact) mass is 373 g/mol. The maximum absolute atomic E-state index is 12.1. The first kappa shape index (κ1) is 23.3. The molecule has 0 aromatic heterocycles. The van der Waals surface area contributed by atoms with E-state index in [2.05, 4.69) is 16.0 Å². The fourth-order valence-electron chi connectivity index (χ4n) is 1.85. The van der Waals surface area contributed by atoms with E-state index in [9.17, 15) is 24.0 Å². The number of rotatable bonds is 11. The van der Waals surface area contributed by atoms with Gasteiger partial charge >= 0.3 is 5.97 Å². The molecule has 0 aliphatic rings. The van der Waals surface area contributed by atoms with E-state index >= 15 is 0 Å². The molecular weight excluding hydrogens is 346 g/mol. The van der Waals surface area contributed by atoms with Crippen LogP contribution in [-0.2, 0) is 24.0 Å². The smallest absolute Gasteiger partial charge is 0.325 e. The first-order valence-corrected chi connectivity index (χ1v) is 8.09. The number of carbonyl (C=O) groups is 5. The third kappa shape index (κ3) is 8.97. The van der Waals surface area contributed by atoms with Gasteiger partial charge in [0.2, 0.25) is 23.6 Å². The van der Waals surface area contributed by atoms with Crippen molar-refractivity contribution in [2.24, 2.45) is 17.4 Å². The summed E-state index contributed by atoms with van der Waals surface area (Å²) in [4.78, 5) is 57.2. The van der Waals surface area contributed by atoms with E-state index in [0.717, 1.165) is 0 Å². The Balaban J connectivity index is 4.55. The van der Waals surface area contributed by atoms with Crippen molar-refractivity contribution in [3.63, 3.8) is 0 Å². The summed E-state index contributed by atoms with van der Waals surface area (Å²) in [5.41, 5.74) is 10.5. The summed E-state index contributed by atoms with van der Waals surface area (Å²) in [5.74, 6) is -4.03. The summed E-state index contributed by atoms with van der Waals surface area (Å²) in [7, 11) is 0. The largest absolute Gasteiger partial charge is 0.480 e. The molecule has 0 fully saturated rings. The van der Waals surface area contributed by atoms with Crippen molar-refractivity contribution in [2.75, 3.05) is 6.54 Å². The second-order valence-corrected chi connectivity index (χ2v) is 6.19.